The number of carbonyl (C=O) groups is 1. The lowest BCUT2D eigenvalue weighted by molar-refractivity contribution is 0.0248. The Morgan fingerprint density at radius 2 is 1.89 bits per heavy atom. The van der Waals surface area contributed by atoms with Crippen molar-refractivity contribution in [3.8, 4) is 0 Å². The van der Waals surface area contributed by atoms with Crippen LogP contribution in [-0.2, 0) is 0 Å². The molecule has 1 aliphatic heterocycles. The first-order chi connectivity index (χ1) is 8.47. The molecule has 98 valence electrons. The first-order valence-electron chi connectivity index (χ1n) is 6.53. The summed E-state index contributed by atoms with van der Waals surface area (Å²) in [4.78, 5) is 14.1. The summed E-state index contributed by atoms with van der Waals surface area (Å²) in [6.45, 7) is 7.22. The molecule has 1 aliphatic rings. The zero-order chi connectivity index (χ0) is 13.3. The second-order valence-corrected chi connectivity index (χ2v) is 5.46. The molecule has 2 atom stereocenters. The Hall–Kier alpha value is -1.35. The Balaban J connectivity index is 2.16. The maximum atomic E-state index is 12.4. The van der Waals surface area contributed by atoms with Gasteiger partial charge in [-0.3, -0.25) is 4.79 Å². The lowest BCUT2D eigenvalue weighted by atomic mass is 9.95. The number of amides is 1. The van der Waals surface area contributed by atoms with Crippen molar-refractivity contribution in [2.45, 2.75) is 33.3 Å². The fraction of sp³-hybridized carbons (Fsp3) is 0.533. The number of aliphatic hydroxyl groups excluding tert-OH is 1. The molecule has 2 rings (SSSR count). The quantitative estimate of drug-likeness (QED) is 0.826. The molecule has 0 saturated carbocycles. The summed E-state index contributed by atoms with van der Waals surface area (Å²) >= 11 is 0. The third-order valence-electron chi connectivity index (χ3n) is 3.67. The largest absolute Gasteiger partial charge is 0.391 e. The van der Waals surface area contributed by atoms with Gasteiger partial charge in [0.15, 0.2) is 0 Å². The van der Waals surface area contributed by atoms with Crippen LogP contribution in [0.3, 0.4) is 0 Å². The molecule has 2 unspecified atom stereocenters. The van der Waals surface area contributed by atoms with Crippen LogP contribution < -0.4 is 0 Å². The van der Waals surface area contributed by atoms with Gasteiger partial charge in [0.2, 0.25) is 0 Å². The topological polar surface area (TPSA) is 40.5 Å². The van der Waals surface area contributed by atoms with Gasteiger partial charge < -0.3 is 10.0 Å². The molecule has 1 N–H and O–H groups in total. The highest BCUT2D eigenvalue weighted by Crippen LogP contribution is 2.19. The number of likely N-dealkylation sites (tertiary alicyclic amines) is 1. The first kappa shape index (κ1) is 13.1. The summed E-state index contributed by atoms with van der Waals surface area (Å²) in [5.74, 6) is 0.320. The van der Waals surface area contributed by atoms with Crippen LogP contribution in [0.4, 0.5) is 0 Å². The fourth-order valence-electron chi connectivity index (χ4n) is 2.51. The lowest BCUT2D eigenvalue weighted by Gasteiger charge is -2.34. The van der Waals surface area contributed by atoms with Crippen molar-refractivity contribution < 1.29 is 9.90 Å². The van der Waals surface area contributed by atoms with E-state index in [0.717, 1.165) is 29.7 Å². The molecule has 0 radical (unpaired) electrons. The lowest BCUT2D eigenvalue weighted by Crippen LogP contribution is -2.45. The van der Waals surface area contributed by atoms with Crippen molar-refractivity contribution in [3.05, 3.63) is 34.9 Å². The fourth-order valence-corrected chi connectivity index (χ4v) is 2.51. The molecule has 0 bridgehead atoms. The van der Waals surface area contributed by atoms with Gasteiger partial charge in [0.1, 0.15) is 0 Å². The minimum atomic E-state index is -0.395. The van der Waals surface area contributed by atoms with Crippen LogP contribution in [0, 0.1) is 19.8 Å². The SMILES string of the molecule is Cc1cc(C)cc(C(=O)N2CCC(C)C(O)C2)c1. The summed E-state index contributed by atoms with van der Waals surface area (Å²) < 4.78 is 0. The molecule has 3 nitrogen and oxygen atoms in total. The van der Waals surface area contributed by atoms with E-state index in [4.69, 9.17) is 0 Å². The van der Waals surface area contributed by atoms with E-state index in [1.807, 2.05) is 32.9 Å². The van der Waals surface area contributed by atoms with Crippen molar-refractivity contribution in [1.82, 2.24) is 4.90 Å². The molecular weight excluding hydrogens is 226 g/mol. The average Bonchev–Trinajstić information content (AvgIpc) is 2.30. The van der Waals surface area contributed by atoms with Gasteiger partial charge in [0, 0.05) is 18.7 Å². The maximum absolute atomic E-state index is 12.4. The van der Waals surface area contributed by atoms with E-state index >= 15 is 0 Å². The Kier molecular flexibility index (Phi) is 3.71. The molecule has 0 spiro atoms. The van der Waals surface area contributed by atoms with Crippen molar-refractivity contribution >= 4 is 5.91 Å². The Morgan fingerprint density at radius 1 is 1.28 bits per heavy atom. The van der Waals surface area contributed by atoms with E-state index in [2.05, 4.69) is 6.07 Å². The van der Waals surface area contributed by atoms with Crippen molar-refractivity contribution in [2.75, 3.05) is 13.1 Å². The predicted molar refractivity (Wildman–Crippen MR) is 71.6 cm³/mol. The van der Waals surface area contributed by atoms with Crippen LogP contribution in [0.15, 0.2) is 18.2 Å². The summed E-state index contributed by atoms with van der Waals surface area (Å²) in [6.07, 6.45) is 0.478. The van der Waals surface area contributed by atoms with Crippen LogP contribution in [-0.4, -0.2) is 35.1 Å². The third-order valence-corrected chi connectivity index (χ3v) is 3.67. The molecule has 0 aliphatic carbocycles. The van der Waals surface area contributed by atoms with Crippen molar-refractivity contribution in [2.24, 2.45) is 5.92 Å². The van der Waals surface area contributed by atoms with Crippen LogP contribution in [0.25, 0.3) is 0 Å². The van der Waals surface area contributed by atoms with Crippen LogP contribution in [0.1, 0.15) is 34.8 Å². The second kappa shape index (κ2) is 5.11. The van der Waals surface area contributed by atoms with E-state index in [1.165, 1.54) is 0 Å². The normalized spacial score (nSPS) is 24.1. The Morgan fingerprint density at radius 3 is 2.44 bits per heavy atom. The van der Waals surface area contributed by atoms with Crippen LogP contribution in [0.2, 0.25) is 0 Å². The molecule has 1 aromatic carbocycles. The van der Waals surface area contributed by atoms with Crippen molar-refractivity contribution in [1.29, 1.82) is 0 Å². The Labute approximate surface area is 108 Å². The van der Waals surface area contributed by atoms with Gasteiger partial charge in [-0.25, -0.2) is 0 Å². The number of β-amino-alcohol motifs (C(OH)–C–C–N with tert-alkyl or cyclic N) is 1. The number of hydrogen-bond donors (Lipinski definition) is 1. The van der Waals surface area contributed by atoms with E-state index < -0.39 is 6.10 Å². The third kappa shape index (κ3) is 2.72. The number of benzene rings is 1. The standard InChI is InChI=1S/C15H21NO2/c1-10-6-11(2)8-13(7-10)15(18)16-5-4-12(3)14(17)9-16/h6-8,12,14,17H,4-5,9H2,1-3H3. The maximum Gasteiger partial charge on any atom is 0.253 e. The van der Waals surface area contributed by atoms with Gasteiger partial charge in [0.05, 0.1) is 6.10 Å². The van der Waals surface area contributed by atoms with E-state index in [1.54, 1.807) is 4.90 Å². The predicted octanol–water partition coefficient (Wildman–Crippen LogP) is 2.15. The monoisotopic (exact) mass is 247 g/mol. The molecular formula is C15H21NO2. The molecule has 3 heteroatoms. The van der Waals surface area contributed by atoms with E-state index in [0.29, 0.717) is 6.54 Å². The number of carbonyl (C=O) groups excluding carboxylic acids is 1. The number of piperidine rings is 1. The second-order valence-electron chi connectivity index (χ2n) is 5.46. The van der Waals surface area contributed by atoms with Crippen molar-refractivity contribution in [3.63, 3.8) is 0 Å². The van der Waals surface area contributed by atoms with Crippen LogP contribution >= 0.6 is 0 Å². The molecule has 1 amide bonds. The highest BCUT2D eigenvalue weighted by molar-refractivity contribution is 5.94. The number of aliphatic hydroxyl groups is 1. The highest BCUT2D eigenvalue weighted by atomic mass is 16.3. The summed E-state index contributed by atoms with van der Waals surface area (Å²) in [6, 6.07) is 5.89. The number of hydrogen-bond acceptors (Lipinski definition) is 2. The van der Waals surface area contributed by atoms with Gasteiger partial charge in [-0.2, -0.15) is 0 Å². The molecule has 1 heterocycles. The zero-order valence-electron chi connectivity index (χ0n) is 11.3. The minimum Gasteiger partial charge on any atom is -0.391 e. The van der Waals surface area contributed by atoms with Gasteiger partial charge in [-0.1, -0.05) is 24.1 Å². The summed E-state index contributed by atoms with van der Waals surface area (Å²) in [5.41, 5.74) is 2.93. The molecule has 18 heavy (non-hydrogen) atoms. The van der Waals surface area contributed by atoms with Crippen LogP contribution in [0.5, 0.6) is 0 Å². The van der Waals surface area contributed by atoms with E-state index in [-0.39, 0.29) is 11.8 Å². The summed E-state index contributed by atoms with van der Waals surface area (Å²) in [7, 11) is 0. The minimum absolute atomic E-state index is 0.0350. The smallest absolute Gasteiger partial charge is 0.253 e. The van der Waals surface area contributed by atoms with Gasteiger partial charge in [-0.15, -0.1) is 0 Å². The average molecular weight is 247 g/mol. The number of nitrogens with zero attached hydrogens (tertiary/aromatic N) is 1. The zero-order valence-corrected chi connectivity index (χ0v) is 11.3. The van der Waals surface area contributed by atoms with Gasteiger partial charge in [-0.05, 0) is 38.3 Å². The summed E-state index contributed by atoms with van der Waals surface area (Å²) in [5, 5.41) is 9.86. The number of rotatable bonds is 1. The van der Waals surface area contributed by atoms with E-state index in [9.17, 15) is 9.90 Å². The molecule has 1 aromatic rings. The van der Waals surface area contributed by atoms with Gasteiger partial charge >= 0.3 is 0 Å². The molecule has 1 fully saturated rings. The first-order valence-corrected chi connectivity index (χ1v) is 6.53. The Bertz CT molecular complexity index is 436. The highest BCUT2D eigenvalue weighted by Gasteiger charge is 2.27. The molecule has 0 aromatic heterocycles. The van der Waals surface area contributed by atoms with Gasteiger partial charge in [0.25, 0.3) is 5.91 Å². The number of aryl methyl sites for hydroxylation is 2. The molecule has 1 saturated heterocycles.